The Labute approximate surface area is 170 Å². The van der Waals surface area contributed by atoms with Gasteiger partial charge in [0.05, 0.1) is 5.39 Å². The van der Waals surface area contributed by atoms with Crippen molar-refractivity contribution >= 4 is 29.0 Å². The molecule has 2 aromatic rings. The molecule has 0 spiro atoms. The lowest BCUT2D eigenvalue weighted by Gasteiger charge is -2.25. The minimum absolute atomic E-state index is 0. The SMILES string of the molecule is C[C@H](N)[C@@H]1CCN(c2c(F)cc3c(=O)[nH]c(=O)n(C4CC4)c3c2OC(F)F)C1.Cl. The first-order chi connectivity index (χ1) is 13.3. The molecule has 0 unspecified atom stereocenters. The third-order valence-electron chi connectivity index (χ3n) is 5.51. The van der Waals surface area contributed by atoms with E-state index in [-0.39, 0.29) is 47.0 Å². The molecular weight excluding hydrogens is 413 g/mol. The van der Waals surface area contributed by atoms with Crippen LogP contribution in [0.2, 0.25) is 0 Å². The molecule has 0 bridgehead atoms. The number of aromatic amines is 1. The largest absolute Gasteiger partial charge is 0.430 e. The molecule has 1 aromatic heterocycles. The van der Waals surface area contributed by atoms with Crippen LogP contribution in [0, 0.1) is 11.7 Å². The quantitative estimate of drug-likeness (QED) is 0.753. The Hall–Kier alpha value is -2.20. The normalized spacial score (nSPS) is 20.2. The summed E-state index contributed by atoms with van der Waals surface area (Å²) < 4.78 is 47.4. The molecular formula is C18H22ClF3N4O3. The second-order valence-corrected chi connectivity index (χ2v) is 7.53. The summed E-state index contributed by atoms with van der Waals surface area (Å²) in [5.41, 5.74) is 4.14. The minimum Gasteiger partial charge on any atom is -0.430 e. The fraction of sp³-hybridized carbons (Fsp3) is 0.556. The third kappa shape index (κ3) is 3.83. The molecule has 7 nitrogen and oxygen atoms in total. The van der Waals surface area contributed by atoms with Crippen molar-refractivity contribution in [3.8, 4) is 5.75 Å². The van der Waals surface area contributed by atoms with E-state index in [1.807, 2.05) is 6.92 Å². The van der Waals surface area contributed by atoms with Crippen molar-refractivity contribution in [1.82, 2.24) is 9.55 Å². The van der Waals surface area contributed by atoms with Gasteiger partial charge in [0.2, 0.25) is 0 Å². The summed E-state index contributed by atoms with van der Waals surface area (Å²) in [6.45, 7) is -0.620. The summed E-state index contributed by atoms with van der Waals surface area (Å²) in [5.74, 6) is -1.25. The molecule has 2 fully saturated rings. The first-order valence-corrected chi connectivity index (χ1v) is 9.24. The average molecular weight is 435 g/mol. The number of hydrogen-bond donors (Lipinski definition) is 2. The van der Waals surface area contributed by atoms with E-state index >= 15 is 4.39 Å². The molecule has 2 aliphatic rings. The van der Waals surface area contributed by atoms with Crippen LogP contribution >= 0.6 is 12.4 Å². The van der Waals surface area contributed by atoms with E-state index in [4.69, 9.17) is 10.5 Å². The third-order valence-corrected chi connectivity index (χ3v) is 5.51. The molecule has 1 aromatic carbocycles. The van der Waals surface area contributed by atoms with Crippen molar-refractivity contribution in [2.45, 2.75) is 44.9 Å². The first kappa shape index (κ1) is 21.5. The highest BCUT2D eigenvalue weighted by atomic mass is 35.5. The number of nitrogens with zero attached hydrogens (tertiary/aromatic N) is 2. The van der Waals surface area contributed by atoms with Crippen LogP contribution in [0.3, 0.4) is 0 Å². The molecule has 2 heterocycles. The molecule has 11 heteroatoms. The predicted octanol–water partition coefficient (Wildman–Crippen LogP) is 2.36. The van der Waals surface area contributed by atoms with Gasteiger partial charge < -0.3 is 15.4 Å². The van der Waals surface area contributed by atoms with Crippen LogP contribution in [0.5, 0.6) is 5.75 Å². The minimum atomic E-state index is -3.24. The monoisotopic (exact) mass is 434 g/mol. The Morgan fingerprint density at radius 3 is 2.52 bits per heavy atom. The molecule has 29 heavy (non-hydrogen) atoms. The van der Waals surface area contributed by atoms with Gasteiger partial charge in [0.15, 0.2) is 11.6 Å². The Bertz CT molecular complexity index is 1040. The van der Waals surface area contributed by atoms with Crippen LogP contribution in [0.25, 0.3) is 10.9 Å². The van der Waals surface area contributed by atoms with Gasteiger partial charge in [0.25, 0.3) is 5.56 Å². The predicted molar refractivity (Wildman–Crippen MR) is 105 cm³/mol. The summed E-state index contributed by atoms with van der Waals surface area (Å²) in [7, 11) is 0. The van der Waals surface area contributed by atoms with Gasteiger partial charge in [0.1, 0.15) is 11.2 Å². The molecule has 1 saturated carbocycles. The number of halogens is 4. The molecule has 1 saturated heterocycles. The highest BCUT2D eigenvalue weighted by Gasteiger charge is 2.34. The average Bonchev–Trinajstić information content (AvgIpc) is 3.31. The highest BCUT2D eigenvalue weighted by molar-refractivity contribution is 5.91. The maximum Gasteiger partial charge on any atom is 0.387 e. The summed E-state index contributed by atoms with van der Waals surface area (Å²) in [6.07, 6.45) is 2.00. The van der Waals surface area contributed by atoms with Gasteiger partial charge in [-0.05, 0) is 38.2 Å². The van der Waals surface area contributed by atoms with E-state index in [0.29, 0.717) is 32.4 Å². The van der Waals surface area contributed by atoms with Crippen molar-refractivity contribution in [3.05, 3.63) is 32.7 Å². The van der Waals surface area contributed by atoms with Crippen LogP contribution in [0.1, 0.15) is 32.2 Å². The summed E-state index contributed by atoms with van der Waals surface area (Å²) in [4.78, 5) is 28.4. The standard InChI is InChI=1S/C18H21F3N4O3.ClH/c1-8(22)9-4-5-24(7-9)14-12(19)6-11-13(15(14)28-17(20)21)25(10-2-3-10)18(27)23-16(11)26;/h6,8-10,17H,2-5,7,22H2,1H3,(H,23,26,27);1H/t8-,9+;/m0./s1. The van der Waals surface area contributed by atoms with Crippen LogP contribution in [0.4, 0.5) is 18.9 Å². The van der Waals surface area contributed by atoms with Gasteiger partial charge in [-0.25, -0.2) is 9.18 Å². The number of fused-ring (bicyclic) bond motifs is 1. The van der Waals surface area contributed by atoms with Crippen molar-refractivity contribution < 1.29 is 17.9 Å². The van der Waals surface area contributed by atoms with E-state index < -0.39 is 29.4 Å². The number of aromatic nitrogens is 2. The molecule has 3 N–H and O–H groups in total. The zero-order chi connectivity index (χ0) is 20.2. The van der Waals surface area contributed by atoms with E-state index in [2.05, 4.69) is 4.98 Å². The van der Waals surface area contributed by atoms with Gasteiger partial charge in [-0.2, -0.15) is 8.78 Å². The number of H-pyrrole nitrogens is 1. The topological polar surface area (TPSA) is 93.4 Å². The van der Waals surface area contributed by atoms with Crippen LogP contribution in [0.15, 0.2) is 15.7 Å². The lowest BCUT2D eigenvalue weighted by Crippen LogP contribution is -2.32. The second-order valence-electron chi connectivity index (χ2n) is 7.53. The fourth-order valence-corrected chi connectivity index (χ4v) is 3.94. The van der Waals surface area contributed by atoms with Crippen LogP contribution < -0.4 is 26.6 Å². The molecule has 2 atom stereocenters. The lowest BCUT2D eigenvalue weighted by molar-refractivity contribution is -0.0488. The summed E-state index contributed by atoms with van der Waals surface area (Å²) >= 11 is 0. The summed E-state index contributed by atoms with van der Waals surface area (Å²) in [5, 5.41) is -0.189. The zero-order valence-corrected chi connectivity index (χ0v) is 16.5. The maximum absolute atomic E-state index is 15.0. The van der Waals surface area contributed by atoms with Crippen molar-refractivity contribution in [3.63, 3.8) is 0 Å². The zero-order valence-electron chi connectivity index (χ0n) is 15.7. The van der Waals surface area contributed by atoms with E-state index in [1.54, 1.807) is 4.90 Å². The van der Waals surface area contributed by atoms with Crippen LogP contribution in [-0.2, 0) is 0 Å². The number of nitrogens with one attached hydrogen (secondary N) is 1. The second kappa shape index (κ2) is 7.91. The summed E-state index contributed by atoms with van der Waals surface area (Å²) in [6, 6.07) is 0.611. The molecule has 160 valence electrons. The van der Waals surface area contributed by atoms with Crippen molar-refractivity contribution in [2.24, 2.45) is 11.7 Å². The Balaban J connectivity index is 0.00000240. The number of alkyl halides is 2. The Kier molecular flexibility index (Phi) is 5.86. The molecule has 1 aliphatic heterocycles. The Morgan fingerprint density at radius 2 is 1.97 bits per heavy atom. The van der Waals surface area contributed by atoms with E-state index in [9.17, 15) is 18.4 Å². The number of rotatable bonds is 5. The number of anilines is 1. The van der Waals surface area contributed by atoms with E-state index in [0.717, 1.165) is 6.07 Å². The number of ether oxygens (including phenoxy) is 1. The van der Waals surface area contributed by atoms with Gasteiger partial charge >= 0.3 is 12.3 Å². The van der Waals surface area contributed by atoms with Crippen molar-refractivity contribution in [2.75, 3.05) is 18.0 Å². The molecule has 0 amide bonds. The molecule has 1 aliphatic carbocycles. The number of benzene rings is 1. The van der Waals surface area contributed by atoms with Gasteiger partial charge in [-0.1, -0.05) is 0 Å². The number of nitrogens with two attached hydrogens (primary N) is 1. The fourth-order valence-electron chi connectivity index (χ4n) is 3.94. The molecule has 0 radical (unpaired) electrons. The molecule has 4 rings (SSSR count). The van der Waals surface area contributed by atoms with Gasteiger partial charge in [-0.15, -0.1) is 12.4 Å². The smallest absolute Gasteiger partial charge is 0.387 e. The maximum atomic E-state index is 15.0. The van der Waals surface area contributed by atoms with Crippen LogP contribution in [-0.4, -0.2) is 35.3 Å². The lowest BCUT2D eigenvalue weighted by atomic mass is 10.0. The van der Waals surface area contributed by atoms with Crippen molar-refractivity contribution in [1.29, 1.82) is 0 Å². The first-order valence-electron chi connectivity index (χ1n) is 9.24. The van der Waals surface area contributed by atoms with Gasteiger partial charge in [0, 0.05) is 25.2 Å². The number of hydrogen-bond acceptors (Lipinski definition) is 5. The van der Waals surface area contributed by atoms with E-state index in [1.165, 1.54) is 4.57 Å². The highest BCUT2D eigenvalue weighted by Crippen LogP contribution is 2.44. The van der Waals surface area contributed by atoms with Gasteiger partial charge in [-0.3, -0.25) is 14.3 Å². The Morgan fingerprint density at radius 1 is 1.28 bits per heavy atom.